The Hall–Kier alpha value is -1.86. The van der Waals surface area contributed by atoms with Gasteiger partial charge in [-0.15, -0.1) is 0 Å². The summed E-state index contributed by atoms with van der Waals surface area (Å²) in [6.07, 6.45) is 0. The Kier molecular flexibility index (Phi) is 4.18. The molecule has 2 rings (SSSR count). The van der Waals surface area contributed by atoms with E-state index in [0.717, 1.165) is 0 Å². The highest BCUT2D eigenvalue weighted by atomic mass is 31.2. The molecule has 2 aromatic rings. The summed E-state index contributed by atoms with van der Waals surface area (Å²) in [5.74, 6) is 0. The topological polar surface area (TPSA) is 43.4 Å². The number of hydrogen-bond donors (Lipinski definition) is 0. The fourth-order valence-corrected chi connectivity index (χ4v) is 4.06. The molecule has 0 atom stereocenters. The zero-order valence-corrected chi connectivity index (χ0v) is 11.5. The van der Waals surface area contributed by atoms with Gasteiger partial charge in [0.15, 0.2) is 0 Å². The van der Waals surface area contributed by atoms with E-state index in [1.807, 2.05) is 12.1 Å². The van der Waals surface area contributed by atoms with E-state index in [0.29, 0.717) is 10.6 Å². The molecule has 19 heavy (non-hydrogen) atoms. The van der Waals surface area contributed by atoms with Crippen molar-refractivity contribution in [2.45, 2.75) is 6.92 Å². The number of carbonyl (C=O) groups excluding carboxylic acids is 1. The molecule has 0 aromatic heterocycles. The summed E-state index contributed by atoms with van der Waals surface area (Å²) < 4.78 is 18.2. The highest BCUT2D eigenvalue weighted by molar-refractivity contribution is 7.92. The van der Waals surface area contributed by atoms with Crippen LogP contribution < -0.4 is 10.6 Å². The van der Waals surface area contributed by atoms with Gasteiger partial charge in [-0.25, -0.2) is 4.79 Å². The molecule has 0 amide bonds. The van der Waals surface area contributed by atoms with Crippen LogP contribution in [0.4, 0.5) is 4.79 Å². The van der Waals surface area contributed by atoms with Crippen LogP contribution in [0.3, 0.4) is 0 Å². The second-order valence-electron chi connectivity index (χ2n) is 3.98. The molecule has 4 heteroatoms. The van der Waals surface area contributed by atoms with Crippen LogP contribution in [0.5, 0.6) is 0 Å². The fraction of sp³-hybridized carbons (Fsp3) is 0.133. The van der Waals surface area contributed by atoms with Crippen LogP contribution in [0.15, 0.2) is 60.7 Å². The van der Waals surface area contributed by atoms with Gasteiger partial charge in [-0.05, 0) is 6.92 Å². The lowest BCUT2D eigenvalue weighted by atomic mass is 10.4. The van der Waals surface area contributed by atoms with Gasteiger partial charge in [0, 0.05) is 10.6 Å². The highest BCUT2D eigenvalue weighted by Gasteiger charge is 2.37. The monoisotopic (exact) mass is 274 g/mol. The summed E-state index contributed by atoms with van der Waals surface area (Å²) in [7, 11) is -3.39. The molecule has 0 unspecified atom stereocenters. The molecular weight excluding hydrogens is 259 g/mol. The molecule has 0 bridgehead atoms. The van der Waals surface area contributed by atoms with Gasteiger partial charge >= 0.3 is 5.71 Å². The molecule has 0 heterocycles. The zero-order valence-electron chi connectivity index (χ0n) is 10.7. The highest BCUT2D eigenvalue weighted by Crippen LogP contribution is 2.45. The van der Waals surface area contributed by atoms with Gasteiger partial charge in [0.25, 0.3) is 0 Å². The smallest absolute Gasteiger partial charge is 0.373 e. The lowest BCUT2D eigenvalue weighted by Gasteiger charge is -2.17. The first-order valence-electron chi connectivity index (χ1n) is 6.08. The van der Waals surface area contributed by atoms with Crippen LogP contribution in [0, 0.1) is 0 Å². The molecule has 0 radical (unpaired) electrons. The summed E-state index contributed by atoms with van der Waals surface area (Å²) >= 11 is 0. The van der Waals surface area contributed by atoms with Gasteiger partial charge in [-0.3, -0.25) is 0 Å². The van der Waals surface area contributed by atoms with Crippen molar-refractivity contribution in [3.8, 4) is 0 Å². The quantitative estimate of drug-likeness (QED) is 0.804. The molecule has 0 fully saturated rings. The fourth-order valence-electron chi connectivity index (χ4n) is 1.85. The Morgan fingerprint density at radius 3 is 1.74 bits per heavy atom. The van der Waals surface area contributed by atoms with E-state index in [1.165, 1.54) is 0 Å². The summed E-state index contributed by atoms with van der Waals surface area (Å²) in [6.45, 7) is 1.92. The summed E-state index contributed by atoms with van der Waals surface area (Å²) in [6, 6.07) is 17.5. The van der Waals surface area contributed by atoms with Crippen LogP contribution >= 0.6 is 7.14 Å². The van der Waals surface area contributed by atoms with E-state index >= 15 is 0 Å². The van der Waals surface area contributed by atoms with Crippen molar-refractivity contribution in [3.05, 3.63) is 60.7 Å². The second-order valence-corrected chi connectivity index (χ2v) is 6.60. The molecule has 98 valence electrons. The molecule has 0 aliphatic carbocycles. The molecule has 2 aromatic carbocycles. The van der Waals surface area contributed by atoms with Crippen molar-refractivity contribution in [1.82, 2.24) is 0 Å². The standard InChI is InChI=1S/C15H15O3P/c1-2-18-15(16)19(17,13-9-5-3-6-10-13)14-11-7-4-8-12-14/h3-12H,2H2,1H3. The largest absolute Gasteiger partial charge is 0.460 e. The molecule has 0 aliphatic rings. The zero-order chi connectivity index (χ0) is 13.7. The lowest BCUT2D eigenvalue weighted by Crippen LogP contribution is -2.23. The van der Waals surface area contributed by atoms with E-state index in [2.05, 4.69) is 0 Å². The first-order chi connectivity index (χ1) is 9.19. The van der Waals surface area contributed by atoms with Gasteiger partial charge in [0.1, 0.15) is 0 Å². The molecule has 3 nitrogen and oxygen atoms in total. The minimum absolute atomic E-state index is 0.211. The van der Waals surface area contributed by atoms with Crippen LogP contribution in [0.2, 0.25) is 0 Å². The van der Waals surface area contributed by atoms with E-state index < -0.39 is 12.9 Å². The Labute approximate surface area is 112 Å². The second kappa shape index (κ2) is 5.85. The summed E-state index contributed by atoms with van der Waals surface area (Å²) in [5, 5.41) is 0.999. The minimum atomic E-state index is -3.39. The van der Waals surface area contributed by atoms with Gasteiger partial charge in [0.2, 0.25) is 7.14 Å². The predicted molar refractivity (Wildman–Crippen MR) is 76.8 cm³/mol. The normalized spacial score (nSPS) is 11.0. The first-order valence-corrected chi connectivity index (χ1v) is 7.79. The van der Waals surface area contributed by atoms with Crippen LogP contribution in [-0.4, -0.2) is 12.3 Å². The van der Waals surface area contributed by atoms with E-state index in [-0.39, 0.29) is 6.61 Å². The predicted octanol–water partition coefficient (Wildman–Crippen LogP) is 3.16. The SMILES string of the molecule is CCOC(=O)P(=O)(c1ccccc1)c1ccccc1. The lowest BCUT2D eigenvalue weighted by molar-refractivity contribution is 0.179. The third kappa shape index (κ3) is 2.61. The van der Waals surface area contributed by atoms with Crippen molar-refractivity contribution < 1.29 is 14.1 Å². The molecule has 0 N–H and O–H groups in total. The Bertz CT molecular complexity index is 550. The van der Waals surface area contributed by atoms with Gasteiger partial charge < -0.3 is 9.30 Å². The summed E-state index contributed by atoms with van der Waals surface area (Å²) in [4.78, 5) is 12.2. The maximum absolute atomic E-state index is 13.2. The van der Waals surface area contributed by atoms with Gasteiger partial charge in [0.05, 0.1) is 6.61 Å². The van der Waals surface area contributed by atoms with Crippen LogP contribution in [-0.2, 0) is 9.30 Å². The molecule has 0 saturated carbocycles. The van der Waals surface area contributed by atoms with Gasteiger partial charge in [-0.1, -0.05) is 60.7 Å². The van der Waals surface area contributed by atoms with Crippen molar-refractivity contribution in [2.24, 2.45) is 0 Å². The number of hydrogen-bond acceptors (Lipinski definition) is 3. The van der Waals surface area contributed by atoms with Crippen LogP contribution in [0.25, 0.3) is 0 Å². The van der Waals surface area contributed by atoms with Crippen molar-refractivity contribution >= 4 is 23.5 Å². The van der Waals surface area contributed by atoms with Crippen molar-refractivity contribution in [3.63, 3.8) is 0 Å². The maximum atomic E-state index is 13.2. The average molecular weight is 274 g/mol. The van der Waals surface area contributed by atoms with Crippen molar-refractivity contribution in [2.75, 3.05) is 6.61 Å². The third-order valence-corrected chi connectivity index (χ3v) is 5.46. The number of benzene rings is 2. The number of rotatable bonds is 4. The molecular formula is C15H15O3P. The molecule has 0 saturated heterocycles. The molecule has 0 spiro atoms. The Balaban J connectivity index is 2.58. The Morgan fingerprint density at radius 1 is 0.947 bits per heavy atom. The van der Waals surface area contributed by atoms with Crippen LogP contribution in [0.1, 0.15) is 6.92 Å². The van der Waals surface area contributed by atoms with E-state index in [1.54, 1.807) is 55.5 Å². The average Bonchev–Trinajstić information content (AvgIpc) is 2.48. The maximum Gasteiger partial charge on any atom is 0.373 e. The third-order valence-electron chi connectivity index (χ3n) is 2.76. The summed E-state index contributed by atoms with van der Waals surface area (Å²) in [5.41, 5.74) is -0.660. The number of carbonyl (C=O) groups is 1. The van der Waals surface area contributed by atoms with E-state index in [9.17, 15) is 9.36 Å². The minimum Gasteiger partial charge on any atom is -0.460 e. The number of ether oxygens (including phenoxy) is 1. The molecule has 0 aliphatic heterocycles. The van der Waals surface area contributed by atoms with E-state index in [4.69, 9.17) is 4.74 Å². The van der Waals surface area contributed by atoms with Gasteiger partial charge in [-0.2, -0.15) is 0 Å². The first kappa shape index (κ1) is 13.6. The Morgan fingerprint density at radius 2 is 1.37 bits per heavy atom. The van der Waals surface area contributed by atoms with Crippen molar-refractivity contribution in [1.29, 1.82) is 0 Å².